The summed E-state index contributed by atoms with van der Waals surface area (Å²) in [5, 5.41) is 0. The van der Waals surface area contributed by atoms with E-state index in [1.165, 1.54) is 0 Å². The van der Waals surface area contributed by atoms with E-state index in [4.69, 9.17) is 14.7 Å². The molecular formula is C15H25O5P. The molecule has 0 radical (unpaired) electrons. The highest BCUT2D eigenvalue weighted by molar-refractivity contribution is 7.46. The zero-order valence-corrected chi connectivity index (χ0v) is 14.4. The number of benzene rings is 1. The smallest absolute Gasteiger partial charge is 0.327 e. The van der Waals surface area contributed by atoms with Gasteiger partial charge in [-0.3, -0.25) is 0 Å². The molecule has 0 aliphatic carbocycles. The first-order chi connectivity index (χ1) is 9.37. The van der Waals surface area contributed by atoms with Crippen LogP contribution < -0.4 is 4.89 Å². The molecule has 0 heterocycles. The lowest BCUT2D eigenvalue weighted by Crippen LogP contribution is -2.19. The van der Waals surface area contributed by atoms with Crippen LogP contribution in [0.5, 0.6) is 5.75 Å². The third-order valence-electron chi connectivity index (χ3n) is 3.68. The molecule has 1 aromatic rings. The van der Waals surface area contributed by atoms with Crippen LogP contribution in [0.25, 0.3) is 0 Å². The summed E-state index contributed by atoms with van der Waals surface area (Å²) in [5.41, 5.74) is 1.77. The fourth-order valence-electron chi connectivity index (χ4n) is 1.90. The highest BCUT2D eigenvalue weighted by Crippen LogP contribution is 2.40. The van der Waals surface area contributed by atoms with Gasteiger partial charge >= 0.3 is 7.82 Å². The standard InChI is InChI=1S/C15H25O5P/c1-7-15(5,6)11-8-9-13(19-20-21(16,17)18)12(10-11)14(2,3)4/h8-10H,7H2,1-6H3,(H2,16,17,18). The van der Waals surface area contributed by atoms with Gasteiger partial charge in [0.15, 0.2) is 5.75 Å². The van der Waals surface area contributed by atoms with Crippen molar-refractivity contribution >= 4 is 7.82 Å². The van der Waals surface area contributed by atoms with Crippen LogP contribution in [0.3, 0.4) is 0 Å². The van der Waals surface area contributed by atoms with Crippen molar-refractivity contribution in [3.63, 3.8) is 0 Å². The molecule has 1 rings (SSSR count). The van der Waals surface area contributed by atoms with Gasteiger partial charge in [-0.05, 0) is 28.9 Å². The van der Waals surface area contributed by atoms with Gasteiger partial charge in [0.25, 0.3) is 0 Å². The number of hydrogen-bond donors (Lipinski definition) is 2. The van der Waals surface area contributed by atoms with Gasteiger partial charge in [0.05, 0.1) is 0 Å². The molecule has 0 spiro atoms. The van der Waals surface area contributed by atoms with Gasteiger partial charge in [-0.2, -0.15) is 0 Å². The third kappa shape index (κ3) is 5.11. The van der Waals surface area contributed by atoms with Gasteiger partial charge < -0.3 is 14.7 Å². The van der Waals surface area contributed by atoms with E-state index in [-0.39, 0.29) is 10.8 Å². The predicted molar refractivity (Wildman–Crippen MR) is 82.2 cm³/mol. The third-order valence-corrected chi connectivity index (χ3v) is 3.95. The largest absolute Gasteiger partial charge is 0.505 e. The van der Waals surface area contributed by atoms with Crippen LogP contribution in [0.15, 0.2) is 18.2 Å². The topological polar surface area (TPSA) is 76.0 Å². The number of phosphoric acid groups is 1. The molecule has 0 aliphatic heterocycles. The Morgan fingerprint density at radius 2 is 1.71 bits per heavy atom. The summed E-state index contributed by atoms with van der Waals surface area (Å²) in [5.74, 6) is 0.321. The van der Waals surface area contributed by atoms with E-state index in [1.807, 2.05) is 32.9 Å². The maximum Gasteiger partial charge on any atom is 0.505 e. The average molecular weight is 316 g/mol. The van der Waals surface area contributed by atoms with E-state index < -0.39 is 7.82 Å². The zero-order chi connectivity index (χ0) is 16.5. The van der Waals surface area contributed by atoms with Gasteiger partial charge in [-0.15, -0.1) is 0 Å². The lowest BCUT2D eigenvalue weighted by atomic mass is 9.78. The van der Waals surface area contributed by atoms with Gasteiger partial charge in [-0.1, -0.05) is 58.3 Å². The molecule has 0 saturated heterocycles. The Labute approximate surface area is 126 Å². The molecule has 0 aromatic heterocycles. The first-order valence-electron chi connectivity index (χ1n) is 6.93. The van der Waals surface area contributed by atoms with E-state index in [2.05, 4.69) is 25.4 Å². The normalized spacial score (nSPS) is 13.3. The van der Waals surface area contributed by atoms with Crippen LogP contribution in [-0.4, -0.2) is 9.79 Å². The molecular weight excluding hydrogens is 291 g/mol. The van der Waals surface area contributed by atoms with Crippen LogP contribution in [0.2, 0.25) is 0 Å². The summed E-state index contributed by atoms with van der Waals surface area (Å²) < 4.78 is 15.0. The first kappa shape index (κ1) is 18.2. The summed E-state index contributed by atoms with van der Waals surface area (Å²) >= 11 is 0. The molecule has 5 nitrogen and oxygen atoms in total. The summed E-state index contributed by atoms with van der Waals surface area (Å²) in [6.07, 6.45) is 0.982. The maximum absolute atomic E-state index is 10.8. The maximum atomic E-state index is 10.8. The molecule has 2 N–H and O–H groups in total. The summed E-state index contributed by atoms with van der Waals surface area (Å²) in [6.45, 7) is 12.5. The lowest BCUT2D eigenvalue weighted by molar-refractivity contribution is -0.123. The Morgan fingerprint density at radius 1 is 1.14 bits per heavy atom. The molecule has 0 bridgehead atoms. The van der Waals surface area contributed by atoms with Crippen LogP contribution in [0, 0.1) is 0 Å². The molecule has 0 fully saturated rings. The molecule has 0 saturated carbocycles. The minimum Gasteiger partial charge on any atom is -0.327 e. The van der Waals surface area contributed by atoms with E-state index >= 15 is 0 Å². The van der Waals surface area contributed by atoms with E-state index in [1.54, 1.807) is 6.07 Å². The molecule has 0 aliphatic rings. The van der Waals surface area contributed by atoms with E-state index in [0.717, 1.165) is 17.5 Å². The SMILES string of the molecule is CCC(C)(C)c1ccc(OOP(=O)(O)O)c(C(C)(C)C)c1. The van der Waals surface area contributed by atoms with Crippen molar-refractivity contribution in [2.24, 2.45) is 0 Å². The minimum atomic E-state index is -4.68. The van der Waals surface area contributed by atoms with E-state index in [9.17, 15) is 4.57 Å². The van der Waals surface area contributed by atoms with Crippen LogP contribution in [0.1, 0.15) is 59.1 Å². The highest BCUT2D eigenvalue weighted by atomic mass is 31.2. The fourth-order valence-corrected chi connectivity index (χ4v) is 2.08. The van der Waals surface area contributed by atoms with Gasteiger partial charge in [0, 0.05) is 5.56 Å². The molecule has 0 atom stereocenters. The van der Waals surface area contributed by atoms with Gasteiger partial charge in [0.1, 0.15) is 0 Å². The molecule has 0 amide bonds. The quantitative estimate of drug-likeness (QED) is 0.486. The van der Waals surface area contributed by atoms with Crippen molar-refractivity contribution in [3.05, 3.63) is 29.3 Å². The number of rotatable bonds is 5. The van der Waals surface area contributed by atoms with Gasteiger partial charge in [-0.25, -0.2) is 4.57 Å². The molecule has 21 heavy (non-hydrogen) atoms. The minimum absolute atomic E-state index is 0.0165. The Bertz CT molecular complexity index is 539. The Hall–Kier alpha value is -0.870. The monoisotopic (exact) mass is 316 g/mol. The van der Waals surface area contributed by atoms with Gasteiger partial charge in [0.2, 0.25) is 0 Å². The molecule has 120 valence electrons. The fraction of sp³-hybridized carbons (Fsp3) is 0.600. The molecule has 0 unspecified atom stereocenters. The van der Waals surface area contributed by atoms with Crippen LogP contribution in [0.4, 0.5) is 0 Å². The van der Waals surface area contributed by atoms with Crippen molar-refractivity contribution in [2.45, 2.75) is 58.8 Å². The zero-order valence-electron chi connectivity index (χ0n) is 13.5. The first-order valence-corrected chi connectivity index (χ1v) is 8.46. The average Bonchev–Trinajstić information content (AvgIpc) is 2.34. The predicted octanol–water partition coefficient (Wildman–Crippen LogP) is 4.07. The molecule has 6 heteroatoms. The van der Waals surface area contributed by atoms with Crippen molar-refractivity contribution in [3.8, 4) is 5.75 Å². The second kappa shape index (κ2) is 6.09. The van der Waals surface area contributed by atoms with Crippen molar-refractivity contribution in [1.82, 2.24) is 0 Å². The van der Waals surface area contributed by atoms with Crippen LogP contribution in [-0.2, 0) is 20.1 Å². The molecule has 1 aromatic carbocycles. The lowest BCUT2D eigenvalue weighted by Gasteiger charge is -2.28. The van der Waals surface area contributed by atoms with Crippen molar-refractivity contribution in [1.29, 1.82) is 0 Å². The summed E-state index contributed by atoms with van der Waals surface area (Å²) in [6, 6.07) is 5.61. The Balaban J connectivity index is 3.24. The van der Waals surface area contributed by atoms with Crippen molar-refractivity contribution in [2.75, 3.05) is 0 Å². The van der Waals surface area contributed by atoms with Crippen molar-refractivity contribution < 1.29 is 23.9 Å². The van der Waals surface area contributed by atoms with E-state index in [0.29, 0.717) is 5.75 Å². The summed E-state index contributed by atoms with van der Waals surface area (Å²) in [4.78, 5) is 22.4. The highest BCUT2D eigenvalue weighted by Gasteiger charge is 2.26. The number of hydrogen-bond acceptors (Lipinski definition) is 3. The summed E-state index contributed by atoms with van der Waals surface area (Å²) in [7, 11) is -4.68. The second-order valence-electron chi connectivity index (χ2n) is 6.85. The second-order valence-corrected chi connectivity index (χ2v) is 7.98. The van der Waals surface area contributed by atoms with Crippen LogP contribution >= 0.6 is 7.82 Å². The Morgan fingerprint density at radius 3 is 2.14 bits per heavy atom. The Kier molecular flexibility index (Phi) is 5.27.